The fourth-order valence-corrected chi connectivity index (χ4v) is 3.06. The second kappa shape index (κ2) is 9.70. The topological polar surface area (TPSA) is 64.5 Å². The van der Waals surface area contributed by atoms with E-state index < -0.39 is 0 Å². The highest BCUT2D eigenvalue weighted by Crippen LogP contribution is 2.35. The van der Waals surface area contributed by atoms with E-state index in [0.29, 0.717) is 23.2 Å². The van der Waals surface area contributed by atoms with E-state index in [2.05, 4.69) is 39.6 Å². The summed E-state index contributed by atoms with van der Waals surface area (Å²) in [6.07, 6.45) is 2.79. The van der Waals surface area contributed by atoms with Gasteiger partial charge >= 0.3 is 0 Å². The Balaban J connectivity index is 2.57. The van der Waals surface area contributed by atoms with Crippen LogP contribution in [0.2, 0.25) is 0 Å². The van der Waals surface area contributed by atoms with E-state index in [1.165, 1.54) is 0 Å². The summed E-state index contributed by atoms with van der Waals surface area (Å²) in [5, 5.41) is 9.87. The Labute approximate surface area is 162 Å². The minimum absolute atomic E-state index is 0.130. The van der Waals surface area contributed by atoms with Crippen LogP contribution in [0.4, 0.5) is 0 Å². The number of rotatable bonds is 9. The lowest BCUT2D eigenvalue weighted by molar-refractivity contribution is 0.183. The summed E-state index contributed by atoms with van der Waals surface area (Å²) in [6, 6.07) is 6.01. The number of aryl methyl sites for hydroxylation is 1. The van der Waals surface area contributed by atoms with Crippen LogP contribution in [0, 0.1) is 0 Å². The molecule has 0 radical (unpaired) electrons. The molecule has 0 bridgehead atoms. The van der Waals surface area contributed by atoms with E-state index >= 15 is 0 Å². The van der Waals surface area contributed by atoms with Crippen LogP contribution in [0.5, 0.6) is 11.6 Å². The predicted octanol–water partition coefficient (Wildman–Crippen LogP) is 4.90. The third kappa shape index (κ3) is 4.78. The molecular weight excluding hydrogens is 340 g/mol. The smallest absolute Gasteiger partial charge is 0.257 e. The van der Waals surface area contributed by atoms with Crippen LogP contribution in [0.15, 0.2) is 18.2 Å². The molecule has 0 aliphatic carbocycles. The summed E-state index contributed by atoms with van der Waals surface area (Å²) < 4.78 is 11.6. The summed E-state index contributed by atoms with van der Waals surface area (Å²) in [6.45, 7) is 10.4. The molecule has 2 aromatic heterocycles. The van der Waals surface area contributed by atoms with Gasteiger partial charge in [0.25, 0.3) is 5.88 Å². The molecule has 0 saturated carbocycles. The molecule has 1 N–H and O–H groups in total. The number of nitrogens with zero attached hydrogens (tertiary/aromatic N) is 2. The Morgan fingerprint density at radius 2 is 1.78 bits per heavy atom. The number of hydrogen-bond acceptors (Lipinski definition) is 5. The molecule has 0 spiro atoms. The first-order chi connectivity index (χ1) is 13.0. The molecule has 148 valence electrons. The van der Waals surface area contributed by atoms with E-state index in [9.17, 15) is 5.11 Å². The molecule has 0 aliphatic heterocycles. The average Bonchev–Trinajstić information content (AvgIpc) is 2.70. The van der Waals surface area contributed by atoms with Gasteiger partial charge in [-0.25, -0.2) is 4.98 Å². The van der Waals surface area contributed by atoms with Gasteiger partial charge in [-0.3, -0.25) is 4.98 Å². The maximum atomic E-state index is 9.87. The molecule has 0 aromatic carbocycles. The van der Waals surface area contributed by atoms with Gasteiger partial charge in [-0.05, 0) is 48.9 Å². The van der Waals surface area contributed by atoms with E-state index in [0.717, 1.165) is 41.8 Å². The maximum Gasteiger partial charge on any atom is 0.257 e. The Morgan fingerprint density at radius 3 is 2.30 bits per heavy atom. The van der Waals surface area contributed by atoms with Gasteiger partial charge in [0.15, 0.2) is 5.75 Å². The van der Waals surface area contributed by atoms with Gasteiger partial charge in [0.05, 0.1) is 31.2 Å². The number of aliphatic hydroxyl groups is 1. The average molecular weight is 373 g/mol. The predicted molar refractivity (Wildman–Crippen MR) is 108 cm³/mol. The Hall–Kier alpha value is -2.14. The summed E-state index contributed by atoms with van der Waals surface area (Å²) in [5.41, 5.74) is 4.27. The van der Waals surface area contributed by atoms with Crippen LogP contribution in [-0.2, 0) is 13.0 Å². The van der Waals surface area contributed by atoms with Crippen molar-refractivity contribution >= 4 is 0 Å². The van der Waals surface area contributed by atoms with Crippen LogP contribution in [0.1, 0.15) is 70.3 Å². The molecule has 0 saturated heterocycles. The molecule has 0 unspecified atom stereocenters. The first-order valence-corrected chi connectivity index (χ1v) is 9.84. The normalized spacial score (nSPS) is 11.3. The van der Waals surface area contributed by atoms with Crippen molar-refractivity contribution in [2.45, 2.75) is 72.5 Å². The zero-order valence-electron chi connectivity index (χ0n) is 17.4. The molecule has 27 heavy (non-hydrogen) atoms. The Morgan fingerprint density at radius 1 is 1.07 bits per heavy atom. The second-order valence-corrected chi connectivity index (χ2v) is 6.96. The first-order valence-electron chi connectivity index (χ1n) is 9.84. The Kier molecular flexibility index (Phi) is 7.60. The van der Waals surface area contributed by atoms with Gasteiger partial charge < -0.3 is 14.6 Å². The molecule has 5 heteroatoms. The van der Waals surface area contributed by atoms with Gasteiger partial charge in [0, 0.05) is 11.3 Å². The number of methoxy groups -OCH3 is 1. The number of pyridine rings is 2. The van der Waals surface area contributed by atoms with Gasteiger partial charge in [0.1, 0.15) is 0 Å². The molecule has 0 aliphatic rings. The molecule has 0 atom stereocenters. The van der Waals surface area contributed by atoms with Crippen molar-refractivity contribution in [2.24, 2.45) is 0 Å². The Bertz CT molecular complexity index is 755. The van der Waals surface area contributed by atoms with Crippen molar-refractivity contribution in [2.75, 3.05) is 7.11 Å². The third-order valence-corrected chi connectivity index (χ3v) is 4.80. The largest absolute Gasteiger partial charge is 0.485 e. The van der Waals surface area contributed by atoms with Gasteiger partial charge in [0.2, 0.25) is 0 Å². The van der Waals surface area contributed by atoms with Crippen LogP contribution in [-0.4, -0.2) is 28.3 Å². The van der Waals surface area contributed by atoms with Crippen LogP contribution in [0.3, 0.4) is 0 Å². The zero-order valence-corrected chi connectivity index (χ0v) is 17.4. The van der Waals surface area contributed by atoms with E-state index in [1.807, 2.05) is 18.2 Å². The quantitative estimate of drug-likeness (QED) is 0.678. The van der Waals surface area contributed by atoms with Crippen LogP contribution in [0.25, 0.3) is 11.3 Å². The van der Waals surface area contributed by atoms with Crippen molar-refractivity contribution in [3.05, 3.63) is 35.2 Å². The van der Waals surface area contributed by atoms with Gasteiger partial charge in [-0.1, -0.05) is 34.6 Å². The molecular formula is C22H32N2O3. The number of ether oxygens (including phenoxy) is 2. The molecule has 0 amide bonds. The molecule has 5 nitrogen and oxygen atoms in total. The van der Waals surface area contributed by atoms with Gasteiger partial charge in [-0.15, -0.1) is 0 Å². The molecule has 2 rings (SSSR count). The van der Waals surface area contributed by atoms with Crippen molar-refractivity contribution in [1.29, 1.82) is 0 Å². The highest BCUT2D eigenvalue weighted by molar-refractivity contribution is 5.68. The monoisotopic (exact) mass is 372 g/mol. The molecule has 2 heterocycles. The van der Waals surface area contributed by atoms with E-state index in [4.69, 9.17) is 14.5 Å². The van der Waals surface area contributed by atoms with Crippen LogP contribution >= 0.6 is 0 Å². The van der Waals surface area contributed by atoms with Crippen LogP contribution < -0.4 is 9.47 Å². The molecule has 2 aromatic rings. The van der Waals surface area contributed by atoms with Gasteiger partial charge in [-0.2, -0.15) is 0 Å². The third-order valence-electron chi connectivity index (χ3n) is 4.80. The first kappa shape index (κ1) is 21.2. The minimum atomic E-state index is -0.130. The van der Waals surface area contributed by atoms with Crippen molar-refractivity contribution in [3.8, 4) is 22.9 Å². The highest BCUT2D eigenvalue weighted by atomic mass is 16.5. The van der Waals surface area contributed by atoms with Crippen molar-refractivity contribution in [1.82, 2.24) is 9.97 Å². The maximum absolute atomic E-state index is 9.87. The van der Waals surface area contributed by atoms with E-state index in [1.54, 1.807) is 7.11 Å². The summed E-state index contributed by atoms with van der Waals surface area (Å²) in [5.74, 6) is 1.43. The SMILES string of the molecule is CCc1cc(OC(CC)CC)c(OC)nc1-c1ccc(C(C)C)nc1CO. The lowest BCUT2D eigenvalue weighted by Crippen LogP contribution is -2.15. The standard InChI is InChI=1S/C22H32N2O3/c1-7-15-12-20(27-16(8-2)9-3)22(26-6)24-21(15)17-10-11-18(14(4)5)23-19(17)13-25/h10-12,14,16,25H,7-9,13H2,1-6H3. The fourth-order valence-electron chi connectivity index (χ4n) is 3.06. The zero-order chi connectivity index (χ0) is 20.0. The summed E-state index contributed by atoms with van der Waals surface area (Å²) in [4.78, 5) is 9.37. The van der Waals surface area contributed by atoms with E-state index in [-0.39, 0.29) is 12.7 Å². The number of hydrogen-bond donors (Lipinski definition) is 1. The highest BCUT2D eigenvalue weighted by Gasteiger charge is 2.19. The molecule has 0 fully saturated rings. The lowest BCUT2D eigenvalue weighted by atomic mass is 10.00. The lowest BCUT2D eigenvalue weighted by Gasteiger charge is -2.20. The van der Waals surface area contributed by atoms with Crippen molar-refractivity contribution in [3.63, 3.8) is 0 Å². The number of aliphatic hydroxyl groups excluding tert-OH is 1. The summed E-state index contributed by atoms with van der Waals surface area (Å²) >= 11 is 0. The summed E-state index contributed by atoms with van der Waals surface area (Å²) in [7, 11) is 1.60. The fraction of sp³-hybridized carbons (Fsp3) is 0.545. The van der Waals surface area contributed by atoms with Crippen molar-refractivity contribution < 1.29 is 14.6 Å². The number of aromatic nitrogens is 2. The minimum Gasteiger partial charge on any atom is -0.485 e. The second-order valence-electron chi connectivity index (χ2n) is 6.96.